The fourth-order valence-corrected chi connectivity index (χ4v) is 4.68. The van der Waals surface area contributed by atoms with Crippen LogP contribution in [-0.2, 0) is 22.7 Å². The first kappa shape index (κ1) is 28.3. The van der Waals surface area contributed by atoms with Gasteiger partial charge in [-0.25, -0.2) is 9.07 Å². The monoisotopic (exact) mass is 566 g/mol. The van der Waals surface area contributed by atoms with E-state index in [2.05, 4.69) is 15.6 Å². The van der Waals surface area contributed by atoms with Gasteiger partial charge in [-0.15, -0.1) is 5.10 Å². The summed E-state index contributed by atoms with van der Waals surface area (Å²) in [5.74, 6) is -0.551. The first-order valence-electron chi connectivity index (χ1n) is 13.4. The molecule has 0 aliphatic rings. The Morgan fingerprint density at radius 3 is 2.29 bits per heavy atom. The van der Waals surface area contributed by atoms with Crippen LogP contribution in [0.25, 0.3) is 11.0 Å². The maximum absolute atomic E-state index is 14.1. The van der Waals surface area contributed by atoms with E-state index in [-0.39, 0.29) is 19.0 Å². The van der Waals surface area contributed by atoms with Gasteiger partial charge in [0, 0.05) is 32.0 Å². The molecular formula is C32H31FN6O3. The molecule has 0 fully saturated rings. The van der Waals surface area contributed by atoms with Crippen LogP contribution in [0.3, 0.4) is 0 Å². The standard InChI is InChI=1S/C32H31FN6O3/c1-37(2)26-16-14-25(15-17-26)34-32(41)31(23-10-18-27(42-3)19-11-23)38(20-22-8-12-24(33)13-9-22)30(40)21-39-29-7-5-4-6-28(29)35-36-39/h4-19,31H,20-21H2,1-3H3,(H,34,41)/t31-/m0/s1. The Morgan fingerprint density at radius 2 is 1.62 bits per heavy atom. The molecule has 5 aromatic rings. The zero-order chi connectivity index (χ0) is 29.6. The van der Waals surface area contributed by atoms with Crippen molar-refractivity contribution in [2.75, 3.05) is 31.4 Å². The molecule has 0 unspecified atom stereocenters. The molecule has 0 radical (unpaired) electrons. The van der Waals surface area contributed by atoms with Crippen LogP contribution in [0, 0.1) is 5.82 Å². The smallest absolute Gasteiger partial charge is 0.251 e. The van der Waals surface area contributed by atoms with Gasteiger partial charge in [-0.1, -0.05) is 41.6 Å². The van der Waals surface area contributed by atoms with Gasteiger partial charge >= 0.3 is 0 Å². The lowest BCUT2D eigenvalue weighted by Crippen LogP contribution is -2.42. The van der Waals surface area contributed by atoms with Crippen molar-refractivity contribution in [2.24, 2.45) is 0 Å². The molecule has 0 bridgehead atoms. The van der Waals surface area contributed by atoms with Gasteiger partial charge in [0.15, 0.2) is 0 Å². The minimum Gasteiger partial charge on any atom is -0.497 e. The van der Waals surface area contributed by atoms with E-state index in [0.29, 0.717) is 33.6 Å². The number of ether oxygens (including phenoxy) is 1. The second kappa shape index (κ2) is 12.5. The van der Waals surface area contributed by atoms with E-state index in [1.807, 2.05) is 67.5 Å². The van der Waals surface area contributed by atoms with Gasteiger partial charge in [0.2, 0.25) is 5.91 Å². The van der Waals surface area contributed by atoms with E-state index in [4.69, 9.17) is 4.74 Å². The lowest BCUT2D eigenvalue weighted by molar-refractivity contribution is -0.140. The van der Waals surface area contributed by atoms with Crippen LogP contribution in [0.2, 0.25) is 0 Å². The van der Waals surface area contributed by atoms with Crippen molar-refractivity contribution in [1.82, 2.24) is 19.9 Å². The average molecular weight is 567 g/mol. The molecule has 0 aliphatic heterocycles. The van der Waals surface area contributed by atoms with E-state index in [1.54, 1.807) is 43.5 Å². The number of methoxy groups -OCH3 is 1. The third-order valence-corrected chi connectivity index (χ3v) is 6.93. The van der Waals surface area contributed by atoms with Crippen molar-refractivity contribution in [3.8, 4) is 5.75 Å². The highest BCUT2D eigenvalue weighted by molar-refractivity contribution is 5.98. The Hall–Kier alpha value is -5.25. The number of carbonyl (C=O) groups is 2. The summed E-state index contributed by atoms with van der Waals surface area (Å²) >= 11 is 0. The number of rotatable bonds is 10. The Labute approximate surface area is 243 Å². The number of anilines is 2. The lowest BCUT2D eigenvalue weighted by Gasteiger charge is -2.32. The quantitative estimate of drug-likeness (QED) is 0.254. The first-order chi connectivity index (χ1) is 20.3. The summed E-state index contributed by atoms with van der Waals surface area (Å²) in [5, 5.41) is 11.3. The van der Waals surface area contributed by atoms with Gasteiger partial charge in [-0.3, -0.25) is 9.59 Å². The van der Waals surface area contributed by atoms with E-state index < -0.39 is 17.8 Å². The topological polar surface area (TPSA) is 92.6 Å². The lowest BCUT2D eigenvalue weighted by atomic mass is 10.0. The summed E-state index contributed by atoms with van der Waals surface area (Å²) in [7, 11) is 5.43. The van der Waals surface area contributed by atoms with Crippen LogP contribution in [0.4, 0.5) is 15.8 Å². The number of hydrogen-bond donors (Lipinski definition) is 1. The van der Waals surface area contributed by atoms with Crippen LogP contribution < -0.4 is 15.0 Å². The molecule has 214 valence electrons. The van der Waals surface area contributed by atoms with Crippen molar-refractivity contribution in [3.05, 3.63) is 114 Å². The zero-order valence-electron chi connectivity index (χ0n) is 23.6. The highest BCUT2D eigenvalue weighted by atomic mass is 19.1. The van der Waals surface area contributed by atoms with Crippen LogP contribution in [0.1, 0.15) is 17.2 Å². The third kappa shape index (κ3) is 6.38. The molecule has 1 aromatic heterocycles. The number of fused-ring (bicyclic) bond motifs is 1. The number of hydrogen-bond acceptors (Lipinski definition) is 6. The van der Waals surface area contributed by atoms with Crippen molar-refractivity contribution in [1.29, 1.82) is 0 Å². The molecule has 9 nitrogen and oxygen atoms in total. The number of nitrogens with one attached hydrogen (secondary N) is 1. The van der Waals surface area contributed by atoms with Crippen molar-refractivity contribution >= 4 is 34.2 Å². The molecule has 5 rings (SSSR count). The summed E-state index contributed by atoms with van der Waals surface area (Å²) in [6.45, 7) is -0.103. The molecule has 1 atom stereocenters. The summed E-state index contributed by atoms with van der Waals surface area (Å²) in [6.07, 6.45) is 0. The molecule has 1 N–H and O–H groups in total. The third-order valence-electron chi connectivity index (χ3n) is 6.93. The Bertz CT molecular complexity index is 1670. The number of amides is 2. The first-order valence-corrected chi connectivity index (χ1v) is 13.4. The van der Waals surface area contributed by atoms with Gasteiger partial charge in [0.1, 0.15) is 29.7 Å². The minimum absolute atomic E-state index is 0.0510. The summed E-state index contributed by atoms with van der Waals surface area (Å²) in [6, 6.07) is 26.6. The number of halogens is 1. The Kier molecular flexibility index (Phi) is 8.42. The molecular weight excluding hydrogens is 535 g/mol. The highest BCUT2D eigenvalue weighted by Gasteiger charge is 2.32. The highest BCUT2D eigenvalue weighted by Crippen LogP contribution is 2.28. The molecule has 4 aromatic carbocycles. The maximum Gasteiger partial charge on any atom is 0.251 e. The molecule has 10 heteroatoms. The van der Waals surface area contributed by atoms with Gasteiger partial charge < -0.3 is 19.9 Å². The Morgan fingerprint density at radius 1 is 0.929 bits per heavy atom. The van der Waals surface area contributed by atoms with Gasteiger partial charge in [0.25, 0.3) is 5.91 Å². The average Bonchev–Trinajstić information content (AvgIpc) is 3.41. The number of nitrogens with zero attached hydrogens (tertiary/aromatic N) is 5. The van der Waals surface area contributed by atoms with E-state index in [9.17, 15) is 14.0 Å². The summed E-state index contributed by atoms with van der Waals surface area (Å²) in [5.41, 5.74) is 4.15. The normalized spacial score (nSPS) is 11.6. The molecule has 0 saturated carbocycles. The number of aromatic nitrogens is 3. The number of benzene rings is 4. The van der Waals surface area contributed by atoms with E-state index in [1.165, 1.54) is 21.7 Å². The van der Waals surface area contributed by atoms with Crippen molar-refractivity contribution in [3.63, 3.8) is 0 Å². The van der Waals surface area contributed by atoms with Gasteiger partial charge in [-0.05, 0) is 71.8 Å². The fraction of sp³-hybridized carbons (Fsp3) is 0.188. The summed E-state index contributed by atoms with van der Waals surface area (Å²) < 4.78 is 20.6. The van der Waals surface area contributed by atoms with Crippen molar-refractivity contribution in [2.45, 2.75) is 19.1 Å². The molecule has 0 saturated heterocycles. The second-order valence-electron chi connectivity index (χ2n) is 9.99. The van der Waals surface area contributed by atoms with Crippen LogP contribution in [-0.4, -0.2) is 52.9 Å². The maximum atomic E-state index is 14.1. The van der Waals surface area contributed by atoms with Crippen molar-refractivity contribution < 1.29 is 18.7 Å². The zero-order valence-corrected chi connectivity index (χ0v) is 23.6. The van der Waals surface area contributed by atoms with Gasteiger partial charge in [-0.2, -0.15) is 0 Å². The van der Waals surface area contributed by atoms with E-state index >= 15 is 0 Å². The second-order valence-corrected chi connectivity index (χ2v) is 9.99. The Balaban J connectivity index is 1.54. The van der Waals surface area contributed by atoms with Gasteiger partial charge in [0.05, 0.1) is 12.6 Å². The molecule has 1 heterocycles. The molecule has 2 amide bonds. The van der Waals surface area contributed by atoms with Crippen LogP contribution >= 0.6 is 0 Å². The molecule has 42 heavy (non-hydrogen) atoms. The largest absolute Gasteiger partial charge is 0.497 e. The predicted molar refractivity (Wildman–Crippen MR) is 160 cm³/mol. The summed E-state index contributed by atoms with van der Waals surface area (Å²) in [4.78, 5) is 31.6. The predicted octanol–water partition coefficient (Wildman–Crippen LogP) is 5.05. The minimum atomic E-state index is -1.03. The SMILES string of the molecule is COc1ccc([C@@H](C(=O)Nc2ccc(N(C)C)cc2)N(Cc2ccc(F)cc2)C(=O)Cn2nnc3ccccc32)cc1. The van der Waals surface area contributed by atoms with Crippen LogP contribution in [0.5, 0.6) is 5.75 Å². The number of carbonyl (C=O) groups excluding carboxylic acids is 2. The fourth-order valence-electron chi connectivity index (χ4n) is 4.68. The molecule has 0 aliphatic carbocycles. The molecule has 0 spiro atoms. The number of para-hydroxylation sites is 1. The van der Waals surface area contributed by atoms with Crippen LogP contribution in [0.15, 0.2) is 97.1 Å². The van der Waals surface area contributed by atoms with E-state index in [0.717, 1.165) is 5.69 Å².